The predicted molar refractivity (Wildman–Crippen MR) is 133 cm³/mol. The van der Waals surface area contributed by atoms with Crippen LogP contribution in [0.25, 0.3) is 10.9 Å². The van der Waals surface area contributed by atoms with Gasteiger partial charge >= 0.3 is 0 Å². The number of ether oxygens (including phenoxy) is 2. The van der Waals surface area contributed by atoms with Gasteiger partial charge in [-0.15, -0.1) is 0 Å². The first-order chi connectivity index (χ1) is 16.5. The second-order valence-electron chi connectivity index (χ2n) is 9.57. The van der Waals surface area contributed by atoms with Crippen molar-refractivity contribution in [3.05, 3.63) is 69.0 Å². The summed E-state index contributed by atoms with van der Waals surface area (Å²) in [4.78, 5) is 32.2. The Labute approximate surface area is 199 Å². The number of nitrogens with zero attached hydrogens (tertiary/aromatic N) is 1. The zero-order chi connectivity index (χ0) is 23.8. The Bertz CT molecular complexity index is 1290. The van der Waals surface area contributed by atoms with Crippen molar-refractivity contribution in [2.45, 2.75) is 51.5 Å². The van der Waals surface area contributed by atoms with Crippen molar-refractivity contribution in [1.82, 2.24) is 9.88 Å². The number of fused-ring (bicyclic) bond motifs is 2. The number of aromatic nitrogens is 1. The molecule has 1 saturated carbocycles. The summed E-state index contributed by atoms with van der Waals surface area (Å²) in [6.07, 6.45) is 5.94. The minimum atomic E-state index is -0.466. The van der Waals surface area contributed by atoms with E-state index in [0.29, 0.717) is 23.6 Å². The fourth-order valence-electron chi connectivity index (χ4n) is 5.65. The SMILES string of the molecule is COc1cc2c(cc1OC)[C@@H](c1cc3cc(C)ccc3[nH]c1=O)N(C(=O)C1CCCCC1)CC2. The number of rotatable bonds is 4. The van der Waals surface area contributed by atoms with Crippen LogP contribution >= 0.6 is 0 Å². The summed E-state index contributed by atoms with van der Waals surface area (Å²) in [7, 11) is 3.23. The standard InChI is InChI=1S/C28H32N2O4/c1-17-9-10-23-20(13-17)14-22(27(31)29-23)26-21-16-25(34-3)24(33-2)15-19(21)11-12-30(26)28(32)18-7-5-4-6-8-18/h9-10,13-16,18,26H,4-8,11-12H2,1-3H3,(H,29,31)/t26-/m0/s1. The van der Waals surface area contributed by atoms with Crippen molar-refractivity contribution in [3.8, 4) is 11.5 Å². The van der Waals surface area contributed by atoms with Crippen LogP contribution in [0.2, 0.25) is 0 Å². The molecule has 1 aliphatic carbocycles. The molecule has 2 aromatic carbocycles. The number of aryl methyl sites for hydroxylation is 1. The maximum Gasteiger partial charge on any atom is 0.254 e. The number of benzene rings is 2. The van der Waals surface area contributed by atoms with E-state index in [2.05, 4.69) is 11.1 Å². The molecule has 1 amide bonds. The van der Waals surface area contributed by atoms with Crippen LogP contribution in [0.5, 0.6) is 11.5 Å². The van der Waals surface area contributed by atoms with Crippen LogP contribution in [0, 0.1) is 12.8 Å². The molecule has 1 aromatic heterocycles. The molecular formula is C28H32N2O4. The molecule has 2 aliphatic rings. The van der Waals surface area contributed by atoms with Gasteiger partial charge in [-0.3, -0.25) is 9.59 Å². The minimum Gasteiger partial charge on any atom is -0.493 e. The first-order valence-electron chi connectivity index (χ1n) is 12.2. The van der Waals surface area contributed by atoms with Gasteiger partial charge in [-0.1, -0.05) is 30.9 Å². The molecule has 0 unspecified atom stereocenters. The summed E-state index contributed by atoms with van der Waals surface area (Å²) in [6, 6.07) is 11.4. The van der Waals surface area contributed by atoms with E-state index in [1.807, 2.05) is 42.2 Å². The molecule has 1 N–H and O–H groups in total. The number of hydrogen-bond acceptors (Lipinski definition) is 4. The lowest BCUT2D eigenvalue weighted by Gasteiger charge is -2.40. The Hall–Kier alpha value is -3.28. The van der Waals surface area contributed by atoms with Gasteiger partial charge in [0.15, 0.2) is 11.5 Å². The molecule has 3 aromatic rings. The van der Waals surface area contributed by atoms with Crippen molar-refractivity contribution in [1.29, 1.82) is 0 Å². The summed E-state index contributed by atoms with van der Waals surface area (Å²) in [6.45, 7) is 2.62. The lowest BCUT2D eigenvalue weighted by molar-refractivity contribution is -0.138. The predicted octanol–water partition coefficient (Wildman–Crippen LogP) is 4.91. The Morgan fingerprint density at radius 1 is 0.971 bits per heavy atom. The Kier molecular flexibility index (Phi) is 6.07. The van der Waals surface area contributed by atoms with Gasteiger partial charge in [0, 0.05) is 23.5 Å². The van der Waals surface area contributed by atoms with E-state index in [-0.39, 0.29) is 17.4 Å². The Morgan fingerprint density at radius 2 is 1.71 bits per heavy atom. The van der Waals surface area contributed by atoms with E-state index in [0.717, 1.165) is 59.7 Å². The highest BCUT2D eigenvalue weighted by atomic mass is 16.5. The smallest absolute Gasteiger partial charge is 0.254 e. The number of carbonyl (C=O) groups excluding carboxylic acids is 1. The maximum absolute atomic E-state index is 13.8. The monoisotopic (exact) mass is 460 g/mol. The second kappa shape index (κ2) is 9.16. The molecule has 0 radical (unpaired) electrons. The fraction of sp³-hybridized carbons (Fsp3) is 0.429. The molecule has 178 valence electrons. The van der Waals surface area contributed by atoms with Crippen molar-refractivity contribution >= 4 is 16.8 Å². The van der Waals surface area contributed by atoms with Crippen molar-refractivity contribution in [2.75, 3.05) is 20.8 Å². The second-order valence-corrected chi connectivity index (χ2v) is 9.57. The fourth-order valence-corrected chi connectivity index (χ4v) is 5.65. The molecule has 34 heavy (non-hydrogen) atoms. The number of pyridine rings is 1. The molecule has 6 nitrogen and oxygen atoms in total. The lowest BCUT2D eigenvalue weighted by Crippen LogP contribution is -2.45. The molecule has 1 aliphatic heterocycles. The van der Waals surface area contributed by atoms with Crippen LogP contribution in [-0.2, 0) is 11.2 Å². The molecule has 0 saturated heterocycles. The Balaban J connectivity index is 1.69. The third-order valence-electron chi connectivity index (χ3n) is 7.43. The highest BCUT2D eigenvalue weighted by Gasteiger charge is 2.37. The number of aromatic amines is 1. The quantitative estimate of drug-likeness (QED) is 0.601. The number of nitrogens with one attached hydrogen (secondary N) is 1. The van der Waals surface area contributed by atoms with Crippen LogP contribution in [0.1, 0.15) is 60.4 Å². The molecular weight excluding hydrogens is 428 g/mol. The molecule has 5 rings (SSSR count). The van der Waals surface area contributed by atoms with Crippen molar-refractivity contribution < 1.29 is 14.3 Å². The average molecular weight is 461 g/mol. The van der Waals surface area contributed by atoms with Crippen LogP contribution in [0.4, 0.5) is 0 Å². The molecule has 6 heteroatoms. The summed E-state index contributed by atoms with van der Waals surface area (Å²) in [5.74, 6) is 1.45. The number of hydrogen-bond donors (Lipinski definition) is 1. The number of amides is 1. The highest BCUT2D eigenvalue weighted by Crippen LogP contribution is 2.42. The van der Waals surface area contributed by atoms with Gasteiger partial charge in [0.1, 0.15) is 0 Å². The average Bonchev–Trinajstić information content (AvgIpc) is 2.87. The number of H-pyrrole nitrogens is 1. The van der Waals surface area contributed by atoms with Crippen molar-refractivity contribution in [3.63, 3.8) is 0 Å². The third kappa shape index (κ3) is 3.95. The third-order valence-corrected chi connectivity index (χ3v) is 7.43. The van der Waals surface area contributed by atoms with Gasteiger partial charge in [-0.05, 0) is 73.0 Å². The summed E-state index contributed by atoms with van der Waals surface area (Å²) in [5.41, 5.74) is 4.37. The minimum absolute atomic E-state index is 0.0275. The largest absolute Gasteiger partial charge is 0.493 e. The first-order valence-corrected chi connectivity index (χ1v) is 12.2. The van der Waals surface area contributed by atoms with Crippen molar-refractivity contribution in [2.24, 2.45) is 5.92 Å². The summed E-state index contributed by atoms with van der Waals surface area (Å²) >= 11 is 0. The zero-order valence-electron chi connectivity index (χ0n) is 20.1. The number of carbonyl (C=O) groups is 1. The van der Waals surface area contributed by atoms with E-state index in [1.165, 1.54) is 6.42 Å². The van der Waals surface area contributed by atoms with Gasteiger partial charge in [0.25, 0.3) is 5.56 Å². The zero-order valence-corrected chi connectivity index (χ0v) is 20.1. The molecule has 1 fully saturated rings. The van der Waals surface area contributed by atoms with E-state index in [9.17, 15) is 9.59 Å². The van der Waals surface area contributed by atoms with Gasteiger partial charge in [-0.25, -0.2) is 0 Å². The van der Waals surface area contributed by atoms with E-state index in [1.54, 1.807) is 14.2 Å². The maximum atomic E-state index is 13.8. The van der Waals surface area contributed by atoms with E-state index >= 15 is 0 Å². The lowest BCUT2D eigenvalue weighted by atomic mass is 9.84. The van der Waals surface area contributed by atoms with Crippen LogP contribution in [0.15, 0.2) is 41.2 Å². The topological polar surface area (TPSA) is 71.6 Å². The summed E-state index contributed by atoms with van der Waals surface area (Å²) < 4.78 is 11.1. The van der Waals surface area contributed by atoms with Gasteiger partial charge in [0.05, 0.1) is 20.3 Å². The molecule has 1 atom stereocenters. The van der Waals surface area contributed by atoms with Gasteiger partial charge in [0.2, 0.25) is 5.91 Å². The summed E-state index contributed by atoms with van der Waals surface area (Å²) in [5, 5.41) is 0.965. The first kappa shape index (κ1) is 22.5. The van der Waals surface area contributed by atoms with Crippen LogP contribution in [0.3, 0.4) is 0 Å². The van der Waals surface area contributed by atoms with Crippen LogP contribution < -0.4 is 15.0 Å². The molecule has 0 bridgehead atoms. The highest BCUT2D eigenvalue weighted by molar-refractivity contribution is 5.82. The van der Waals surface area contributed by atoms with E-state index in [4.69, 9.17) is 9.47 Å². The van der Waals surface area contributed by atoms with Gasteiger partial charge < -0.3 is 19.4 Å². The Morgan fingerprint density at radius 3 is 2.44 bits per heavy atom. The van der Waals surface area contributed by atoms with Gasteiger partial charge in [-0.2, -0.15) is 0 Å². The normalized spacial score (nSPS) is 18.6. The molecule has 0 spiro atoms. The van der Waals surface area contributed by atoms with Crippen LogP contribution in [-0.4, -0.2) is 36.6 Å². The van der Waals surface area contributed by atoms with E-state index < -0.39 is 6.04 Å². The number of methoxy groups -OCH3 is 2. The molecule has 2 heterocycles.